The number of rotatable bonds is 6. The Kier molecular flexibility index (Phi) is 7.08. The van der Waals surface area contributed by atoms with Crippen molar-refractivity contribution in [3.05, 3.63) is 71.8 Å². The summed E-state index contributed by atoms with van der Waals surface area (Å²) >= 11 is 0. The zero-order valence-corrected chi connectivity index (χ0v) is 17.7. The van der Waals surface area contributed by atoms with Gasteiger partial charge in [-0.05, 0) is 30.9 Å². The normalized spacial score (nSPS) is 16.1. The smallest absolute Gasteiger partial charge is 0.225 e. The molecule has 0 saturated carbocycles. The quantitative estimate of drug-likeness (QED) is 0.800. The molecule has 1 aliphatic rings. The van der Waals surface area contributed by atoms with E-state index >= 15 is 0 Å². The number of likely N-dealkylation sites (tertiary alicyclic amines) is 1. The zero-order chi connectivity index (χ0) is 20.8. The molecule has 1 N–H and O–H groups in total. The highest BCUT2D eigenvalue weighted by Crippen LogP contribution is 2.28. The topological polar surface area (TPSA) is 49.4 Å². The SMILES string of the molecule is CC(C)C(=O)N1CCC(C(=O)NC(C)C(c2ccccc2)c2ccccc2)CC1. The van der Waals surface area contributed by atoms with Gasteiger partial charge in [0.2, 0.25) is 11.8 Å². The first-order valence-electron chi connectivity index (χ1n) is 10.7. The molecule has 0 aromatic heterocycles. The Morgan fingerprint density at radius 2 is 1.34 bits per heavy atom. The number of hydrogen-bond acceptors (Lipinski definition) is 2. The van der Waals surface area contributed by atoms with Gasteiger partial charge in [-0.15, -0.1) is 0 Å². The maximum atomic E-state index is 13.0. The largest absolute Gasteiger partial charge is 0.352 e. The summed E-state index contributed by atoms with van der Waals surface area (Å²) in [5.41, 5.74) is 2.40. The average Bonchev–Trinajstić information content (AvgIpc) is 2.75. The molecule has 1 fully saturated rings. The van der Waals surface area contributed by atoms with Crippen molar-refractivity contribution in [2.75, 3.05) is 13.1 Å². The second-order valence-electron chi connectivity index (χ2n) is 8.35. The molecule has 1 unspecified atom stereocenters. The van der Waals surface area contributed by atoms with Crippen molar-refractivity contribution < 1.29 is 9.59 Å². The fourth-order valence-electron chi connectivity index (χ4n) is 4.24. The molecule has 0 aliphatic carbocycles. The predicted molar refractivity (Wildman–Crippen MR) is 116 cm³/mol. The van der Waals surface area contributed by atoms with Gasteiger partial charge in [-0.2, -0.15) is 0 Å². The van der Waals surface area contributed by atoms with Crippen molar-refractivity contribution in [3.63, 3.8) is 0 Å². The van der Waals surface area contributed by atoms with Crippen LogP contribution in [0.5, 0.6) is 0 Å². The summed E-state index contributed by atoms with van der Waals surface area (Å²) in [5, 5.41) is 3.27. The van der Waals surface area contributed by atoms with Gasteiger partial charge in [0.1, 0.15) is 0 Å². The molecule has 3 rings (SSSR count). The lowest BCUT2D eigenvalue weighted by atomic mass is 9.85. The summed E-state index contributed by atoms with van der Waals surface area (Å²) in [6, 6.07) is 20.7. The molecule has 1 saturated heterocycles. The number of piperidine rings is 1. The molecule has 1 atom stereocenters. The molecular weight excluding hydrogens is 360 g/mol. The van der Waals surface area contributed by atoms with Gasteiger partial charge in [0.15, 0.2) is 0 Å². The Morgan fingerprint density at radius 3 is 1.79 bits per heavy atom. The highest BCUT2D eigenvalue weighted by atomic mass is 16.2. The standard InChI is InChI=1S/C25H32N2O2/c1-18(2)25(29)27-16-14-22(15-17-27)24(28)26-19(3)23(20-10-6-4-7-11-20)21-12-8-5-9-13-21/h4-13,18-19,22-23H,14-17H2,1-3H3,(H,26,28). The zero-order valence-electron chi connectivity index (χ0n) is 17.7. The number of hydrogen-bond donors (Lipinski definition) is 1. The van der Waals surface area contributed by atoms with Crippen LogP contribution in [-0.2, 0) is 9.59 Å². The van der Waals surface area contributed by atoms with Gasteiger partial charge < -0.3 is 10.2 Å². The molecule has 154 valence electrons. The summed E-state index contributed by atoms with van der Waals surface area (Å²) in [6.45, 7) is 7.28. The van der Waals surface area contributed by atoms with Crippen LogP contribution in [0.3, 0.4) is 0 Å². The number of carbonyl (C=O) groups excluding carboxylic acids is 2. The molecule has 2 amide bonds. The molecule has 4 heteroatoms. The Bertz CT molecular complexity index is 757. The van der Waals surface area contributed by atoms with E-state index in [1.807, 2.05) is 55.1 Å². The minimum Gasteiger partial charge on any atom is -0.352 e. The molecule has 0 spiro atoms. The Hall–Kier alpha value is -2.62. The van der Waals surface area contributed by atoms with Crippen molar-refractivity contribution >= 4 is 11.8 Å². The first-order chi connectivity index (χ1) is 14.0. The van der Waals surface area contributed by atoms with Gasteiger partial charge in [0.25, 0.3) is 0 Å². The molecule has 0 bridgehead atoms. The van der Waals surface area contributed by atoms with E-state index in [-0.39, 0.29) is 35.6 Å². The minimum absolute atomic E-state index is 0.0119. The van der Waals surface area contributed by atoms with Crippen molar-refractivity contribution in [1.82, 2.24) is 10.2 Å². The lowest BCUT2D eigenvalue weighted by Gasteiger charge is -2.34. The molecule has 2 aromatic carbocycles. The fourth-order valence-corrected chi connectivity index (χ4v) is 4.24. The summed E-state index contributed by atoms with van der Waals surface area (Å²) in [6.07, 6.45) is 1.47. The monoisotopic (exact) mass is 392 g/mol. The Balaban J connectivity index is 1.66. The van der Waals surface area contributed by atoms with E-state index in [1.54, 1.807) is 0 Å². The van der Waals surface area contributed by atoms with Gasteiger partial charge in [-0.1, -0.05) is 74.5 Å². The van der Waals surface area contributed by atoms with Gasteiger partial charge in [0, 0.05) is 36.9 Å². The fraction of sp³-hybridized carbons (Fsp3) is 0.440. The van der Waals surface area contributed by atoms with Crippen LogP contribution < -0.4 is 5.32 Å². The summed E-state index contributed by atoms with van der Waals surface area (Å²) < 4.78 is 0. The molecule has 2 aromatic rings. The highest BCUT2D eigenvalue weighted by Gasteiger charge is 2.30. The van der Waals surface area contributed by atoms with E-state index in [0.29, 0.717) is 13.1 Å². The molecule has 1 heterocycles. The van der Waals surface area contributed by atoms with Crippen molar-refractivity contribution in [2.24, 2.45) is 11.8 Å². The van der Waals surface area contributed by atoms with E-state index in [1.165, 1.54) is 11.1 Å². The average molecular weight is 393 g/mol. The third kappa shape index (κ3) is 5.26. The van der Waals surface area contributed by atoms with E-state index in [0.717, 1.165) is 12.8 Å². The third-order valence-electron chi connectivity index (χ3n) is 5.86. The molecule has 4 nitrogen and oxygen atoms in total. The highest BCUT2D eigenvalue weighted by molar-refractivity contribution is 5.81. The minimum atomic E-state index is -0.0270. The Morgan fingerprint density at radius 1 is 0.862 bits per heavy atom. The summed E-state index contributed by atoms with van der Waals surface area (Å²) in [5.74, 6) is 0.374. The lowest BCUT2D eigenvalue weighted by molar-refractivity contribution is -0.138. The third-order valence-corrected chi connectivity index (χ3v) is 5.86. The summed E-state index contributed by atoms with van der Waals surface area (Å²) in [7, 11) is 0. The van der Waals surface area contributed by atoms with Crippen LogP contribution in [-0.4, -0.2) is 35.8 Å². The van der Waals surface area contributed by atoms with Gasteiger partial charge in [0.05, 0.1) is 0 Å². The van der Waals surface area contributed by atoms with Crippen LogP contribution in [0.2, 0.25) is 0 Å². The van der Waals surface area contributed by atoms with E-state index in [4.69, 9.17) is 0 Å². The molecule has 29 heavy (non-hydrogen) atoms. The Labute approximate surface area is 174 Å². The number of nitrogens with one attached hydrogen (secondary N) is 1. The molecular formula is C25H32N2O2. The van der Waals surface area contributed by atoms with Gasteiger partial charge in [-0.3, -0.25) is 9.59 Å². The predicted octanol–water partition coefficient (Wildman–Crippen LogP) is 4.22. The number of benzene rings is 2. The number of nitrogens with zero attached hydrogens (tertiary/aromatic N) is 1. The van der Waals surface area contributed by atoms with E-state index < -0.39 is 0 Å². The first-order valence-corrected chi connectivity index (χ1v) is 10.7. The first kappa shape index (κ1) is 21.1. The van der Waals surface area contributed by atoms with Crippen molar-refractivity contribution in [2.45, 2.75) is 45.6 Å². The van der Waals surface area contributed by atoms with Crippen LogP contribution in [0.1, 0.15) is 50.7 Å². The van der Waals surface area contributed by atoms with Gasteiger partial charge in [-0.25, -0.2) is 0 Å². The summed E-state index contributed by atoms with van der Waals surface area (Å²) in [4.78, 5) is 27.0. The maximum absolute atomic E-state index is 13.0. The second-order valence-corrected chi connectivity index (χ2v) is 8.35. The van der Waals surface area contributed by atoms with E-state index in [2.05, 4.69) is 36.5 Å². The molecule has 1 aliphatic heterocycles. The van der Waals surface area contributed by atoms with Crippen molar-refractivity contribution in [3.8, 4) is 0 Å². The number of carbonyl (C=O) groups is 2. The van der Waals surface area contributed by atoms with E-state index in [9.17, 15) is 9.59 Å². The number of amides is 2. The second kappa shape index (κ2) is 9.73. The van der Waals surface area contributed by atoms with Crippen LogP contribution in [0.25, 0.3) is 0 Å². The maximum Gasteiger partial charge on any atom is 0.225 e. The van der Waals surface area contributed by atoms with Crippen LogP contribution in [0.15, 0.2) is 60.7 Å². The van der Waals surface area contributed by atoms with Crippen LogP contribution >= 0.6 is 0 Å². The molecule has 0 radical (unpaired) electrons. The van der Waals surface area contributed by atoms with Gasteiger partial charge >= 0.3 is 0 Å². The van der Waals surface area contributed by atoms with Crippen LogP contribution in [0.4, 0.5) is 0 Å². The van der Waals surface area contributed by atoms with Crippen molar-refractivity contribution in [1.29, 1.82) is 0 Å². The van der Waals surface area contributed by atoms with Crippen LogP contribution in [0, 0.1) is 11.8 Å². The lowest BCUT2D eigenvalue weighted by Crippen LogP contribution is -2.46.